The number of hydrogen-bond donors (Lipinski definition) is 1. The number of rotatable bonds is 5. The maximum Gasteiger partial charge on any atom is 0.388 e. The number of amides is 2. The van der Waals surface area contributed by atoms with Crippen molar-refractivity contribution in [2.45, 2.75) is 20.1 Å². The van der Waals surface area contributed by atoms with Gasteiger partial charge in [-0.3, -0.25) is 5.32 Å². The maximum absolute atomic E-state index is 11.9. The Balaban J connectivity index is 0.000000330. The van der Waals surface area contributed by atoms with E-state index in [9.17, 15) is 30.8 Å². The Morgan fingerprint density at radius 1 is 1.07 bits per heavy atom. The smallest absolute Gasteiger partial charge is 0.388 e. The summed E-state index contributed by atoms with van der Waals surface area (Å²) in [5, 5.41) is 1.88. The number of aryl methyl sites for hydroxylation is 1. The molecule has 1 N–H and O–H groups in total. The highest BCUT2D eigenvalue weighted by atomic mass is 32.2. The number of nitrogens with one attached hydrogen (secondary N) is 1. The lowest BCUT2D eigenvalue weighted by Gasteiger charge is -2.06. The van der Waals surface area contributed by atoms with Crippen molar-refractivity contribution in [1.82, 2.24) is 9.97 Å². The van der Waals surface area contributed by atoms with Crippen LogP contribution in [0.2, 0.25) is 0 Å². The third-order valence-electron chi connectivity index (χ3n) is 2.39. The van der Waals surface area contributed by atoms with Gasteiger partial charge in [0, 0.05) is 11.8 Å². The fourth-order valence-electron chi connectivity index (χ4n) is 1.54. The molecule has 9 nitrogen and oxygen atoms in total. The lowest BCUT2D eigenvalue weighted by molar-refractivity contribution is -0.0530. The van der Waals surface area contributed by atoms with Gasteiger partial charge in [-0.2, -0.15) is 31.0 Å². The fraction of sp³-hybridized carbons (Fsp3) is 0.214. The lowest BCUT2D eigenvalue weighted by atomic mass is 10.3. The number of carbonyl (C=O) groups excluding carboxylic acids is 1. The van der Waals surface area contributed by atoms with Crippen LogP contribution in [-0.2, 0) is 10.5 Å². The summed E-state index contributed by atoms with van der Waals surface area (Å²) < 4.78 is 77.7. The molecular weight excluding hydrogens is 412 g/mol. The highest BCUT2D eigenvalue weighted by molar-refractivity contribution is 7.62. The van der Waals surface area contributed by atoms with E-state index in [2.05, 4.69) is 23.8 Å². The Labute approximate surface area is 157 Å². The van der Waals surface area contributed by atoms with Gasteiger partial charge in [0.15, 0.2) is 0 Å². The number of nitrogens with zero attached hydrogens (tertiary/aromatic N) is 3. The first-order chi connectivity index (χ1) is 13.2. The molecule has 1 aromatic heterocycles. The molecule has 2 amide bonds. The van der Waals surface area contributed by atoms with Gasteiger partial charge in [0.25, 0.3) is 0 Å². The van der Waals surface area contributed by atoms with Crippen LogP contribution in [0.3, 0.4) is 0 Å². The monoisotopic (exact) mass is 424 g/mol. The standard InChI is InChI=1S/C7H6F2N4O4S.C7H6F2O/c1-3-2-4(17-5(8)9)11-6(10-3)12-7(14)13-18(15)16;8-7(9)10-6-4-2-1-3-5-6/h2,5H,1H3,(H,10,11,12,14);1-5,7H. The zero-order chi connectivity index (χ0) is 21.1. The first-order valence-corrected chi connectivity index (χ1v) is 8.11. The second kappa shape index (κ2) is 11.4. The van der Waals surface area contributed by atoms with E-state index in [-0.39, 0.29) is 11.4 Å². The van der Waals surface area contributed by atoms with E-state index in [0.717, 1.165) is 6.07 Å². The Bertz CT molecular complexity index is 905. The molecule has 0 bridgehead atoms. The third-order valence-corrected chi connectivity index (χ3v) is 2.70. The molecule has 0 unspecified atom stereocenters. The predicted molar refractivity (Wildman–Crippen MR) is 86.8 cm³/mol. The lowest BCUT2D eigenvalue weighted by Crippen LogP contribution is -2.11. The van der Waals surface area contributed by atoms with Crippen LogP contribution in [0.25, 0.3) is 0 Å². The van der Waals surface area contributed by atoms with E-state index >= 15 is 0 Å². The minimum Gasteiger partial charge on any atom is -0.435 e. The molecule has 0 radical (unpaired) electrons. The van der Waals surface area contributed by atoms with Gasteiger partial charge in [0.2, 0.25) is 11.8 Å². The van der Waals surface area contributed by atoms with E-state index in [1.165, 1.54) is 19.1 Å². The average Bonchev–Trinajstić information content (AvgIpc) is 2.53. The molecule has 2 rings (SSSR count). The van der Waals surface area contributed by atoms with E-state index in [0.29, 0.717) is 0 Å². The molecule has 2 aromatic rings. The normalized spacial score (nSPS) is 9.96. The second-order valence-corrected chi connectivity index (χ2v) is 5.10. The molecule has 0 aliphatic rings. The molecule has 0 spiro atoms. The summed E-state index contributed by atoms with van der Waals surface area (Å²) in [5.41, 5.74) is 0.235. The molecule has 0 saturated heterocycles. The number of benzene rings is 1. The van der Waals surface area contributed by atoms with Crippen molar-refractivity contribution in [2.24, 2.45) is 4.36 Å². The quantitative estimate of drug-likeness (QED) is 0.732. The van der Waals surface area contributed by atoms with Crippen LogP contribution in [0.1, 0.15) is 5.69 Å². The number of urea groups is 1. The Kier molecular flexibility index (Phi) is 9.29. The molecule has 14 heteroatoms. The highest BCUT2D eigenvalue weighted by Gasteiger charge is 2.10. The molecule has 0 saturated carbocycles. The number of hydrogen-bond acceptors (Lipinski definition) is 7. The van der Waals surface area contributed by atoms with Crippen LogP contribution in [0.4, 0.5) is 28.3 Å². The van der Waals surface area contributed by atoms with Gasteiger partial charge in [-0.1, -0.05) is 22.6 Å². The molecular formula is C14H12F4N4O5S. The molecule has 1 aromatic carbocycles. The van der Waals surface area contributed by atoms with Crippen LogP contribution in [0.5, 0.6) is 11.6 Å². The van der Waals surface area contributed by atoms with Gasteiger partial charge in [-0.05, 0) is 19.1 Å². The van der Waals surface area contributed by atoms with E-state index in [4.69, 9.17) is 0 Å². The SMILES string of the molecule is Cc1cc(OC(F)F)nc(NC(=O)N=S(=O)=O)n1.FC(F)Oc1ccccc1. The Morgan fingerprint density at radius 2 is 1.68 bits per heavy atom. The van der Waals surface area contributed by atoms with Crippen LogP contribution >= 0.6 is 0 Å². The minimum absolute atomic E-state index is 0.192. The molecule has 152 valence electrons. The number of halogens is 4. The largest absolute Gasteiger partial charge is 0.435 e. The number of aromatic nitrogens is 2. The summed E-state index contributed by atoms with van der Waals surface area (Å²) >= 11 is 0. The fourth-order valence-corrected chi connectivity index (χ4v) is 1.72. The van der Waals surface area contributed by atoms with Crippen molar-refractivity contribution in [3.8, 4) is 11.6 Å². The minimum atomic E-state index is -3.08. The van der Waals surface area contributed by atoms with Crippen molar-refractivity contribution >= 4 is 22.5 Å². The van der Waals surface area contributed by atoms with Crippen LogP contribution in [-0.4, -0.2) is 37.6 Å². The third kappa shape index (κ3) is 10.0. The molecule has 28 heavy (non-hydrogen) atoms. The number of anilines is 1. The summed E-state index contributed by atoms with van der Waals surface area (Å²) in [7, 11) is -2.93. The van der Waals surface area contributed by atoms with Crippen molar-refractivity contribution < 1.29 is 40.2 Å². The molecule has 0 fully saturated rings. The molecule has 1 heterocycles. The number of alkyl halides is 4. The maximum atomic E-state index is 11.9. The average molecular weight is 424 g/mol. The van der Waals surface area contributed by atoms with Crippen LogP contribution in [0.15, 0.2) is 40.8 Å². The molecule has 0 aliphatic heterocycles. The van der Waals surface area contributed by atoms with Crippen LogP contribution < -0.4 is 14.8 Å². The van der Waals surface area contributed by atoms with Crippen LogP contribution in [0, 0.1) is 6.92 Å². The summed E-state index contributed by atoms with van der Waals surface area (Å²) in [6, 6.07) is 7.83. The molecule has 0 atom stereocenters. The number of ether oxygens (including phenoxy) is 2. The van der Waals surface area contributed by atoms with Crippen molar-refractivity contribution in [3.63, 3.8) is 0 Å². The summed E-state index contributed by atoms with van der Waals surface area (Å²) in [4.78, 5) is 18.0. The second-order valence-electron chi connectivity index (χ2n) is 4.48. The highest BCUT2D eigenvalue weighted by Crippen LogP contribution is 2.14. The van der Waals surface area contributed by atoms with Crippen molar-refractivity contribution in [2.75, 3.05) is 5.32 Å². The zero-order valence-corrected chi connectivity index (χ0v) is 14.7. The molecule has 0 aliphatic carbocycles. The van der Waals surface area contributed by atoms with Crippen molar-refractivity contribution in [3.05, 3.63) is 42.1 Å². The number of para-hydroxylation sites is 1. The van der Waals surface area contributed by atoms with Gasteiger partial charge < -0.3 is 9.47 Å². The first-order valence-electron chi connectivity index (χ1n) is 7.08. The summed E-state index contributed by atoms with van der Waals surface area (Å²) in [5.74, 6) is -0.668. The summed E-state index contributed by atoms with van der Waals surface area (Å²) in [6.45, 7) is -4.37. The Morgan fingerprint density at radius 3 is 2.21 bits per heavy atom. The van der Waals surface area contributed by atoms with Crippen molar-refractivity contribution in [1.29, 1.82) is 0 Å². The van der Waals surface area contributed by atoms with Gasteiger partial charge in [-0.15, -0.1) is 0 Å². The first kappa shape index (κ1) is 22.8. The van der Waals surface area contributed by atoms with Gasteiger partial charge >= 0.3 is 29.8 Å². The van der Waals surface area contributed by atoms with E-state index < -0.39 is 41.6 Å². The summed E-state index contributed by atoms with van der Waals surface area (Å²) in [6.07, 6.45) is 0. The van der Waals surface area contributed by atoms with Gasteiger partial charge in [0.05, 0.1) is 0 Å². The van der Waals surface area contributed by atoms with Gasteiger partial charge in [0.1, 0.15) is 5.75 Å². The van der Waals surface area contributed by atoms with Gasteiger partial charge in [-0.25, -0.2) is 9.78 Å². The Hall–Kier alpha value is -3.29. The van der Waals surface area contributed by atoms with E-state index in [1.54, 1.807) is 18.2 Å². The predicted octanol–water partition coefficient (Wildman–Crippen LogP) is 3.27. The topological polar surface area (TPSA) is 120 Å². The zero-order valence-electron chi connectivity index (χ0n) is 13.9. The number of carbonyl (C=O) groups is 1. The van der Waals surface area contributed by atoms with E-state index in [1.807, 2.05) is 5.32 Å².